The van der Waals surface area contributed by atoms with E-state index in [1.807, 2.05) is 138 Å². The molecule has 0 aliphatic heterocycles. The van der Waals surface area contributed by atoms with E-state index in [1.54, 1.807) is 0 Å². The molecule has 5 heterocycles. The number of aryl methyl sites for hydroxylation is 8. The van der Waals surface area contributed by atoms with E-state index >= 15 is 0 Å². The molecular weight excluding hydrogens is 1510 g/mol. The van der Waals surface area contributed by atoms with E-state index in [9.17, 15) is 0 Å². The summed E-state index contributed by atoms with van der Waals surface area (Å²) in [4.78, 5) is 0. The van der Waals surface area contributed by atoms with Crippen molar-refractivity contribution in [3.8, 4) is 112 Å². The number of hydrogen-bond donors (Lipinski definition) is 0. The first-order valence-corrected chi connectivity index (χ1v) is 47.1. The lowest BCUT2D eigenvalue weighted by Gasteiger charge is -2.10. The van der Waals surface area contributed by atoms with Gasteiger partial charge in [0.25, 0.3) is 0 Å². The van der Waals surface area contributed by atoms with Crippen LogP contribution in [0.3, 0.4) is 0 Å². The van der Waals surface area contributed by atoms with E-state index in [0.29, 0.717) is 0 Å². The summed E-state index contributed by atoms with van der Waals surface area (Å²) < 4.78 is 11.0. The molecule has 0 atom stereocenters. The maximum atomic E-state index is 2.38. The second-order valence-corrected chi connectivity index (χ2v) is 29.1. The fourth-order valence-electron chi connectivity index (χ4n) is 17.2. The van der Waals surface area contributed by atoms with Crippen LogP contribution >= 0.6 is 0 Å². The molecular formula is C120H150N5+5. The Labute approximate surface area is 757 Å². The molecule has 0 N–H and O–H groups in total. The smallest absolute Gasteiger partial charge is 0.201 e. The zero-order valence-corrected chi connectivity index (χ0v) is 82.1. The molecule has 0 bridgehead atoms. The molecule has 15 aromatic rings. The Morgan fingerprint density at radius 3 is 0.872 bits per heavy atom. The molecule has 0 saturated carbocycles. The Hall–Kier alpha value is -12.1. The molecule has 5 heteroatoms. The highest BCUT2D eigenvalue weighted by molar-refractivity contribution is 5.88. The second-order valence-electron chi connectivity index (χ2n) is 29.1. The lowest BCUT2D eigenvalue weighted by Crippen LogP contribution is -2.30. The zero-order chi connectivity index (χ0) is 92.0. The van der Waals surface area contributed by atoms with Gasteiger partial charge in [0, 0.05) is 82.9 Å². The molecule has 125 heavy (non-hydrogen) atoms. The maximum absolute atomic E-state index is 2.38. The van der Waals surface area contributed by atoms with Crippen LogP contribution in [0.4, 0.5) is 0 Å². The van der Waals surface area contributed by atoms with E-state index < -0.39 is 0 Å². The van der Waals surface area contributed by atoms with Crippen molar-refractivity contribution in [3.63, 3.8) is 0 Å². The van der Waals surface area contributed by atoms with Gasteiger partial charge in [-0.25, -0.2) is 22.8 Å². The van der Waals surface area contributed by atoms with Gasteiger partial charge in [-0.2, -0.15) is 0 Å². The minimum absolute atomic E-state index is 1.04. The first kappa shape index (κ1) is 102. The van der Waals surface area contributed by atoms with Gasteiger partial charge in [-0.05, 0) is 260 Å². The number of pyridine rings is 5. The average molecular weight is 1660 g/mol. The Balaban J connectivity index is 0.000000229. The van der Waals surface area contributed by atoms with Gasteiger partial charge in [-0.15, -0.1) is 0 Å². The average Bonchev–Trinajstić information content (AvgIpc) is 1.64. The topological polar surface area (TPSA) is 19.4 Å². The number of hydrogen-bond acceptors (Lipinski definition) is 0. The van der Waals surface area contributed by atoms with Crippen LogP contribution in [0.25, 0.3) is 112 Å². The highest BCUT2D eigenvalue weighted by atomic mass is 14.9. The van der Waals surface area contributed by atoms with Crippen LogP contribution < -0.4 is 22.8 Å². The van der Waals surface area contributed by atoms with Gasteiger partial charge in [0.05, 0.1) is 5.56 Å². The largest absolute Gasteiger partial charge is 0.212 e. The number of fused-ring (bicyclic) bond motifs is 15. The number of nitrogens with zero attached hydrogens (tertiary/aromatic N) is 5. The summed E-state index contributed by atoms with van der Waals surface area (Å²) >= 11 is 0. The van der Waals surface area contributed by atoms with E-state index in [4.69, 9.17) is 0 Å². The molecule has 5 aromatic heterocycles. The van der Waals surface area contributed by atoms with Gasteiger partial charge >= 0.3 is 0 Å². The molecule has 0 unspecified atom stereocenters. The van der Waals surface area contributed by atoms with Crippen LogP contribution in [0.1, 0.15) is 222 Å². The van der Waals surface area contributed by atoms with E-state index in [0.717, 1.165) is 32.1 Å². The van der Waals surface area contributed by atoms with Gasteiger partial charge in [0.15, 0.2) is 31.0 Å². The first-order chi connectivity index (χ1) is 61.2. The van der Waals surface area contributed by atoms with Crippen molar-refractivity contribution in [2.45, 2.75) is 205 Å². The molecule has 0 amide bonds. The third kappa shape index (κ3) is 23.3. The van der Waals surface area contributed by atoms with E-state index in [1.165, 1.54) is 195 Å². The predicted molar refractivity (Wildman–Crippen MR) is 544 cm³/mol. The van der Waals surface area contributed by atoms with Crippen molar-refractivity contribution in [3.05, 3.63) is 387 Å². The minimum Gasteiger partial charge on any atom is -0.201 e. The maximum Gasteiger partial charge on any atom is 0.212 e. The highest BCUT2D eigenvalue weighted by Gasteiger charge is 2.30. The first-order valence-electron chi connectivity index (χ1n) is 47.1. The fourth-order valence-corrected chi connectivity index (χ4v) is 17.2. The van der Waals surface area contributed by atoms with Crippen molar-refractivity contribution in [1.29, 1.82) is 0 Å². The Morgan fingerprint density at radius 2 is 0.448 bits per heavy atom. The van der Waals surface area contributed by atoms with Crippen molar-refractivity contribution in [1.82, 2.24) is 0 Å². The minimum atomic E-state index is 1.04. The summed E-state index contributed by atoms with van der Waals surface area (Å²) in [6.07, 6.45) is 15.8. The molecule has 20 rings (SSSR count). The van der Waals surface area contributed by atoms with Gasteiger partial charge in [-0.1, -0.05) is 296 Å². The molecule has 5 nitrogen and oxygen atoms in total. The van der Waals surface area contributed by atoms with Gasteiger partial charge in [0.1, 0.15) is 35.2 Å². The summed E-state index contributed by atoms with van der Waals surface area (Å²) in [6.45, 7) is 51.1. The standard InChI is InChI=1S/5C20H18N.10C2H6/c1-14-16(20-9-5-6-12-21(20)2)10-11-18-17-8-4-3-7-15(17)13-19(14)18;1-14-17(19-9-5-6-12-21(19)2)11-10-16-13-15-7-3-4-8-18(15)20(14)16;1-14-10-11-17-16-8-4-3-7-15(16)13-18(17)20(14)19-9-5-6-12-21(19)2;1-14-11-19-16(12-15-7-3-4-8-17(15)19)13-18(14)20-9-5-6-10-21(20)2;1-14-11-16-12-15-7-3-4-8-17(15)19(16)13-18(14)20-9-5-6-10-21(20)2;10*1-2/h3*3-12H,13H2,1-2H3;2*3-11,13H,12H2,1-2H3;10*1-2H3/q5*+1;;;;;;;;;;. The summed E-state index contributed by atoms with van der Waals surface area (Å²) in [6, 6.07) is 98.8. The van der Waals surface area contributed by atoms with Crippen LogP contribution in [0, 0.1) is 34.6 Å². The van der Waals surface area contributed by atoms with Gasteiger partial charge in [-0.3, -0.25) is 0 Å². The Morgan fingerprint density at radius 1 is 0.168 bits per heavy atom. The van der Waals surface area contributed by atoms with Crippen molar-refractivity contribution >= 4 is 0 Å². The third-order valence-electron chi connectivity index (χ3n) is 22.6. The SMILES string of the molecule is CC.CC.CC.CC.CC.CC.CC.CC.CC.CC.Cc1c(-c2cccc[n+]2C)ccc2c1-c1ccccc1C2.Cc1c(-c2cccc[n+]2C)ccc2c1Cc1ccccc1-2.Cc1cc2c(cc1-c1cccc[n+]1C)-c1ccccc1C2.Cc1cc2c(cc1-c1cccc[n+]1C)Cc1ccccc1-2.Cc1ccc2c(c1-c1cccc[n+]1C)Cc1ccccc1-2. The Bertz CT molecular complexity index is 5800. The summed E-state index contributed by atoms with van der Waals surface area (Å²) in [5, 5.41) is 0. The van der Waals surface area contributed by atoms with E-state index in [-0.39, 0.29) is 0 Å². The molecule has 0 fully saturated rings. The molecule has 5 aliphatic carbocycles. The van der Waals surface area contributed by atoms with Crippen LogP contribution in [0.2, 0.25) is 0 Å². The second kappa shape index (κ2) is 51.9. The summed E-state index contributed by atoms with van der Waals surface area (Å²) in [7, 11) is 10.6. The summed E-state index contributed by atoms with van der Waals surface area (Å²) in [5.74, 6) is 0. The molecule has 0 spiro atoms. The summed E-state index contributed by atoms with van der Waals surface area (Å²) in [5.41, 5.74) is 48.5. The lowest BCUT2D eigenvalue weighted by molar-refractivity contribution is -0.660. The van der Waals surface area contributed by atoms with Crippen LogP contribution in [-0.2, 0) is 67.3 Å². The van der Waals surface area contributed by atoms with Crippen LogP contribution in [0.5, 0.6) is 0 Å². The number of rotatable bonds is 5. The van der Waals surface area contributed by atoms with Gasteiger partial charge in [0.2, 0.25) is 28.5 Å². The molecule has 650 valence electrons. The van der Waals surface area contributed by atoms with Crippen molar-refractivity contribution in [2.24, 2.45) is 35.2 Å². The van der Waals surface area contributed by atoms with Crippen LogP contribution in [-0.4, -0.2) is 0 Å². The predicted octanol–water partition coefficient (Wildman–Crippen LogP) is 30.6. The molecule has 0 saturated heterocycles. The Kier molecular flexibility index (Phi) is 42.2. The zero-order valence-electron chi connectivity index (χ0n) is 82.1. The van der Waals surface area contributed by atoms with Crippen molar-refractivity contribution < 1.29 is 22.8 Å². The quantitative estimate of drug-likeness (QED) is 0.153. The monoisotopic (exact) mass is 1660 g/mol. The van der Waals surface area contributed by atoms with E-state index in [2.05, 4.69) is 397 Å². The molecule has 0 radical (unpaired) electrons. The normalized spacial score (nSPS) is 10.6. The van der Waals surface area contributed by atoms with Crippen molar-refractivity contribution in [2.75, 3.05) is 0 Å². The number of benzene rings is 10. The van der Waals surface area contributed by atoms with Crippen LogP contribution in [0.15, 0.2) is 304 Å². The molecule has 10 aromatic carbocycles. The third-order valence-corrected chi connectivity index (χ3v) is 22.6. The highest BCUT2D eigenvalue weighted by Crippen LogP contribution is 2.46. The number of aromatic nitrogens is 5. The fraction of sp³-hybridized carbons (Fsp3) is 0.292. The molecule has 5 aliphatic rings. The van der Waals surface area contributed by atoms with Gasteiger partial charge < -0.3 is 0 Å². The lowest BCUT2D eigenvalue weighted by atomic mass is 9.94.